The molecule has 0 saturated carbocycles. The molecule has 1 saturated heterocycles. The number of likely N-dealkylation sites (tertiary alicyclic amines) is 1. The van der Waals surface area contributed by atoms with Crippen molar-refractivity contribution in [3.63, 3.8) is 0 Å². The summed E-state index contributed by atoms with van der Waals surface area (Å²) in [4.78, 5) is 16.3. The molecule has 0 bridgehead atoms. The van der Waals surface area contributed by atoms with E-state index >= 15 is 0 Å². The lowest BCUT2D eigenvalue weighted by Gasteiger charge is -2.35. The Bertz CT molecular complexity index is 1040. The van der Waals surface area contributed by atoms with Crippen LogP contribution < -0.4 is 14.8 Å². The molecule has 4 heterocycles. The fraction of sp³-hybridized carbons (Fsp3) is 0.348. The highest BCUT2D eigenvalue weighted by molar-refractivity contribution is 7.16. The van der Waals surface area contributed by atoms with E-state index in [2.05, 4.69) is 35.3 Å². The second-order valence-corrected chi connectivity index (χ2v) is 8.94. The molecule has 0 aliphatic carbocycles. The molecule has 30 heavy (non-hydrogen) atoms. The van der Waals surface area contributed by atoms with E-state index in [1.807, 2.05) is 6.07 Å². The number of ether oxygens (including phenoxy) is 2. The Morgan fingerprint density at radius 1 is 1.10 bits per heavy atom. The van der Waals surface area contributed by atoms with Gasteiger partial charge in [0.15, 0.2) is 17.3 Å². The highest BCUT2D eigenvalue weighted by atomic mass is 32.1. The molecule has 3 aromatic rings. The Morgan fingerprint density at radius 2 is 1.93 bits per heavy atom. The van der Waals surface area contributed by atoms with E-state index in [9.17, 15) is 4.79 Å². The van der Waals surface area contributed by atoms with Gasteiger partial charge in [0, 0.05) is 10.4 Å². The maximum absolute atomic E-state index is 12.7. The molecule has 7 heteroatoms. The van der Waals surface area contributed by atoms with Gasteiger partial charge in [0.05, 0.1) is 12.3 Å². The number of amides is 1. The smallest absolute Gasteiger partial charge is 0.291 e. The number of aryl methyl sites for hydroxylation is 1. The summed E-state index contributed by atoms with van der Waals surface area (Å²) in [7, 11) is 0. The Morgan fingerprint density at radius 3 is 2.73 bits per heavy atom. The van der Waals surface area contributed by atoms with Gasteiger partial charge in [0.25, 0.3) is 5.91 Å². The minimum absolute atomic E-state index is 0.0386. The second-order valence-electron chi connectivity index (χ2n) is 7.68. The van der Waals surface area contributed by atoms with E-state index in [1.165, 1.54) is 25.5 Å². The summed E-state index contributed by atoms with van der Waals surface area (Å²) in [5, 5.41) is 3.94. The Kier molecular flexibility index (Phi) is 5.23. The Labute approximate surface area is 179 Å². The van der Waals surface area contributed by atoms with Crippen LogP contribution in [0.1, 0.15) is 51.9 Å². The lowest BCUT2D eigenvalue weighted by atomic mass is 9.95. The van der Waals surface area contributed by atoms with Crippen molar-refractivity contribution in [2.75, 3.05) is 25.2 Å². The monoisotopic (exact) mass is 424 g/mol. The number of furan rings is 1. The van der Waals surface area contributed by atoms with Gasteiger partial charge >= 0.3 is 0 Å². The predicted molar refractivity (Wildman–Crippen MR) is 116 cm³/mol. The summed E-state index contributed by atoms with van der Waals surface area (Å²) in [5.41, 5.74) is 2.26. The number of fused-ring (bicyclic) bond motifs is 1. The van der Waals surface area contributed by atoms with Crippen molar-refractivity contribution in [3.8, 4) is 11.5 Å². The zero-order chi connectivity index (χ0) is 20.5. The minimum Gasteiger partial charge on any atom is -0.459 e. The molecule has 0 spiro atoms. The van der Waals surface area contributed by atoms with Crippen LogP contribution in [0.4, 0.5) is 5.00 Å². The van der Waals surface area contributed by atoms with Crippen LogP contribution in [0.5, 0.6) is 11.5 Å². The van der Waals surface area contributed by atoms with E-state index < -0.39 is 0 Å². The zero-order valence-corrected chi connectivity index (χ0v) is 17.7. The molecule has 2 aliphatic rings. The molecule has 1 aromatic carbocycles. The van der Waals surface area contributed by atoms with E-state index in [4.69, 9.17) is 13.9 Å². The number of carbonyl (C=O) groups is 1. The fourth-order valence-electron chi connectivity index (χ4n) is 4.25. The maximum Gasteiger partial charge on any atom is 0.291 e. The Balaban J connectivity index is 1.53. The average Bonchev–Trinajstić information content (AvgIpc) is 3.50. The molecule has 1 atom stereocenters. The minimum atomic E-state index is -0.230. The van der Waals surface area contributed by atoms with Gasteiger partial charge in [-0.3, -0.25) is 9.69 Å². The summed E-state index contributed by atoms with van der Waals surface area (Å²) in [6.45, 7) is 4.39. The first-order chi connectivity index (χ1) is 14.7. The molecular weight excluding hydrogens is 400 g/mol. The van der Waals surface area contributed by atoms with Gasteiger partial charge in [-0.25, -0.2) is 0 Å². The molecule has 1 fully saturated rings. The van der Waals surface area contributed by atoms with E-state index in [1.54, 1.807) is 23.5 Å². The highest BCUT2D eigenvalue weighted by Crippen LogP contribution is 2.43. The van der Waals surface area contributed by atoms with Gasteiger partial charge in [-0.2, -0.15) is 0 Å². The van der Waals surface area contributed by atoms with Gasteiger partial charge < -0.3 is 19.2 Å². The van der Waals surface area contributed by atoms with Crippen LogP contribution in [-0.4, -0.2) is 30.7 Å². The molecule has 2 aliphatic heterocycles. The lowest BCUT2D eigenvalue weighted by molar-refractivity contribution is 0.0996. The second kappa shape index (κ2) is 8.16. The molecule has 6 nitrogen and oxygen atoms in total. The number of hydrogen-bond acceptors (Lipinski definition) is 6. The number of nitrogens with zero attached hydrogens (tertiary/aromatic N) is 1. The van der Waals surface area contributed by atoms with Crippen molar-refractivity contribution < 1.29 is 18.7 Å². The third-order valence-corrected chi connectivity index (χ3v) is 6.60. The number of thiophene rings is 1. The molecule has 1 N–H and O–H groups in total. The van der Waals surface area contributed by atoms with Crippen molar-refractivity contribution in [1.29, 1.82) is 0 Å². The maximum atomic E-state index is 12.7. The quantitative estimate of drug-likeness (QED) is 0.609. The van der Waals surface area contributed by atoms with Gasteiger partial charge in [0.1, 0.15) is 5.00 Å². The molecule has 5 rings (SSSR count). The predicted octanol–water partition coefficient (Wildman–Crippen LogP) is 5.21. The first-order valence-corrected chi connectivity index (χ1v) is 11.1. The standard InChI is InChI=1S/C23H24N2O4S/c1-15-12-17(23(30-15)24-22(26)19-6-5-11-27-19)21(25-9-3-2-4-10-25)16-7-8-18-20(13-16)29-14-28-18/h5-8,11-13,21H,2-4,9-10,14H2,1H3,(H,24,26)/t21-/m1/s1. The third kappa shape index (κ3) is 3.70. The number of hydrogen-bond donors (Lipinski definition) is 1. The lowest BCUT2D eigenvalue weighted by Crippen LogP contribution is -2.34. The van der Waals surface area contributed by atoms with E-state index in [0.717, 1.165) is 45.6 Å². The van der Waals surface area contributed by atoms with Crippen molar-refractivity contribution in [2.24, 2.45) is 0 Å². The SMILES string of the molecule is Cc1cc([C@@H](c2ccc3c(c2)OCO3)N2CCCCC2)c(NC(=O)c2ccco2)s1. The number of nitrogens with one attached hydrogen (secondary N) is 1. The molecule has 0 unspecified atom stereocenters. The number of rotatable bonds is 5. The van der Waals surface area contributed by atoms with Crippen molar-refractivity contribution in [3.05, 3.63) is 64.4 Å². The first kappa shape index (κ1) is 19.2. The van der Waals surface area contributed by atoms with Crippen LogP contribution in [0.25, 0.3) is 0 Å². The molecule has 156 valence electrons. The average molecular weight is 425 g/mol. The summed E-state index contributed by atoms with van der Waals surface area (Å²) in [6.07, 6.45) is 5.13. The first-order valence-electron chi connectivity index (χ1n) is 10.3. The normalized spacial score (nSPS) is 17.1. The number of anilines is 1. The Hall–Kier alpha value is -2.77. The summed E-state index contributed by atoms with van der Waals surface area (Å²) in [5.74, 6) is 1.64. The fourth-order valence-corrected chi connectivity index (χ4v) is 5.19. The van der Waals surface area contributed by atoms with Gasteiger partial charge in [-0.15, -0.1) is 11.3 Å². The number of carbonyl (C=O) groups excluding carboxylic acids is 1. The van der Waals surface area contributed by atoms with Gasteiger partial charge in [-0.05, 0) is 68.8 Å². The third-order valence-electron chi connectivity index (χ3n) is 5.62. The number of piperidine rings is 1. The molecule has 2 aromatic heterocycles. The van der Waals surface area contributed by atoms with Crippen molar-refractivity contribution in [1.82, 2.24) is 4.90 Å². The summed E-state index contributed by atoms with van der Waals surface area (Å²) < 4.78 is 16.4. The number of benzene rings is 1. The van der Waals surface area contributed by atoms with Crippen LogP contribution >= 0.6 is 11.3 Å². The van der Waals surface area contributed by atoms with Crippen molar-refractivity contribution >= 4 is 22.2 Å². The van der Waals surface area contributed by atoms with Crippen molar-refractivity contribution in [2.45, 2.75) is 32.2 Å². The van der Waals surface area contributed by atoms with Crippen LogP contribution in [0.2, 0.25) is 0 Å². The molecular formula is C23H24N2O4S. The summed E-state index contributed by atoms with van der Waals surface area (Å²) >= 11 is 1.60. The zero-order valence-electron chi connectivity index (χ0n) is 16.8. The van der Waals surface area contributed by atoms with Crippen LogP contribution in [-0.2, 0) is 0 Å². The van der Waals surface area contributed by atoms with Gasteiger partial charge in [-0.1, -0.05) is 12.5 Å². The topological polar surface area (TPSA) is 63.9 Å². The van der Waals surface area contributed by atoms with Gasteiger partial charge in [0.2, 0.25) is 6.79 Å². The largest absolute Gasteiger partial charge is 0.459 e. The van der Waals surface area contributed by atoms with E-state index in [0.29, 0.717) is 5.76 Å². The summed E-state index contributed by atoms with van der Waals surface area (Å²) in [6, 6.07) is 11.8. The molecule has 0 radical (unpaired) electrons. The molecule has 1 amide bonds. The van der Waals surface area contributed by atoms with Crippen LogP contribution in [0, 0.1) is 6.92 Å². The van der Waals surface area contributed by atoms with Crippen LogP contribution in [0.3, 0.4) is 0 Å². The highest BCUT2D eigenvalue weighted by Gasteiger charge is 2.29. The van der Waals surface area contributed by atoms with E-state index in [-0.39, 0.29) is 18.7 Å². The van der Waals surface area contributed by atoms with Crippen LogP contribution in [0.15, 0.2) is 47.1 Å².